The summed E-state index contributed by atoms with van der Waals surface area (Å²) in [5.41, 5.74) is 6.09. The number of nitrogens with zero attached hydrogens (tertiary/aromatic N) is 2. The van der Waals surface area contributed by atoms with Crippen molar-refractivity contribution in [3.63, 3.8) is 0 Å². The van der Waals surface area contributed by atoms with Crippen LogP contribution in [-0.2, 0) is 0 Å². The first kappa shape index (κ1) is 23.6. The predicted octanol–water partition coefficient (Wildman–Crippen LogP) is 7.13. The molecule has 0 saturated carbocycles. The van der Waals surface area contributed by atoms with Gasteiger partial charge in [-0.2, -0.15) is 0 Å². The fraction of sp³-hybridized carbons (Fsp3) is 0.188. The molecule has 1 aliphatic rings. The molecule has 4 aromatic carbocycles. The fourth-order valence-corrected chi connectivity index (χ4v) is 5.20. The molecule has 4 heteroatoms. The van der Waals surface area contributed by atoms with Gasteiger partial charge < -0.3 is 9.80 Å². The van der Waals surface area contributed by atoms with Crippen molar-refractivity contribution in [2.24, 2.45) is 0 Å². The van der Waals surface area contributed by atoms with Crippen LogP contribution in [0.25, 0.3) is 0 Å². The summed E-state index contributed by atoms with van der Waals surface area (Å²) >= 11 is 0. The molecule has 0 saturated heterocycles. The smallest absolute Gasteiger partial charge is 0.258 e. The second kappa shape index (κ2) is 9.82. The number of rotatable bonds is 4. The third-order valence-corrected chi connectivity index (χ3v) is 6.87. The Hall–Kier alpha value is -4.18. The minimum Gasteiger partial charge on any atom is -0.305 e. The molecular formula is C32H30N2O2. The van der Waals surface area contributed by atoms with Crippen molar-refractivity contribution >= 4 is 23.2 Å². The van der Waals surface area contributed by atoms with E-state index in [1.165, 1.54) is 0 Å². The molecule has 0 bridgehead atoms. The highest BCUT2D eigenvalue weighted by Crippen LogP contribution is 2.43. The van der Waals surface area contributed by atoms with Crippen molar-refractivity contribution in [3.8, 4) is 0 Å². The first-order valence-electron chi connectivity index (χ1n) is 12.4. The summed E-state index contributed by atoms with van der Waals surface area (Å²) < 4.78 is 0. The van der Waals surface area contributed by atoms with Crippen LogP contribution in [-0.4, -0.2) is 17.9 Å². The number of amides is 2. The lowest BCUT2D eigenvalue weighted by atomic mass is 9.89. The summed E-state index contributed by atoms with van der Waals surface area (Å²) in [6, 6.07) is 32.9. The Kier molecular flexibility index (Phi) is 6.43. The van der Waals surface area contributed by atoms with Crippen LogP contribution in [0.15, 0.2) is 103 Å². The van der Waals surface area contributed by atoms with E-state index in [1.807, 2.05) is 127 Å². The minimum atomic E-state index is -0.215. The second-order valence-electron chi connectivity index (χ2n) is 9.58. The lowest BCUT2D eigenvalue weighted by Gasteiger charge is -2.43. The van der Waals surface area contributed by atoms with E-state index < -0.39 is 0 Å². The average Bonchev–Trinajstić information content (AvgIpc) is 2.89. The van der Waals surface area contributed by atoms with E-state index in [1.54, 1.807) is 0 Å². The van der Waals surface area contributed by atoms with Crippen molar-refractivity contribution in [3.05, 3.63) is 131 Å². The van der Waals surface area contributed by atoms with Crippen molar-refractivity contribution < 1.29 is 9.59 Å². The van der Waals surface area contributed by atoms with Gasteiger partial charge in [0.25, 0.3) is 11.8 Å². The molecule has 2 atom stereocenters. The van der Waals surface area contributed by atoms with Crippen LogP contribution in [0.5, 0.6) is 0 Å². The number of carbonyl (C=O) groups is 2. The summed E-state index contributed by atoms with van der Waals surface area (Å²) in [4.78, 5) is 31.5. The number of fused-ring (bicyclic) bond motifs is 1. The molecule has 36 heavy (non-hydrogen) atoms. The zero-order chi connectivity index (χ0) is 25.2. The van der Waals surface area contributed by atoms with Gasteiger partial charge >= 0.3 is 0 Å². The summed E-state index contributed by atoms with van der Waals surface area (Å²) in [6.45, 7) is 6.06. The van der Waals surface area contributed by atoms with E-state index in [4.69, 9.17) is 0 Å². The normalized spacial score (nSPS) is 16.8. The third-order valence-electron chi connectivity index (χ3n) is 6.87. The van der Waals surface area contributed by atoms with E-state index in [2.05, 4.69) is 6.92 Å². The minimum absolute atomic E-state index is 0.0200. The quantitative estimate of drug-likeness (QED) is 0.316. The van der Waals surface area contributed by atoms with Crippen LogP contribution in [0.3, 0.4) is 0 Å². The molecule has 2 amide bonds. The lowest BCUT2D eigenvalue weighted by Crippen LogP contribution is -2.47. The number of hydrogen-bond donors (Lipinski definition) is 0. The lowest BCUT2D eigenvalue weighted by molar-refractivity contribution is 0.0965. The molecule has 0 aliphatic carbocycles. The van der Waals surface area contributed by atoms with Crippen LogP contribution in [0, 0.1) is 13.8 Å². The van der Waals surface area contributed by atoms with Crippen LogP contribution < -0.4 is 9.80 Å². The standard InChI is InChI=1S/C32H30N2O2/c1-22-11-9-13-25(19-22)31(35)33-24(3)21-30(28-17-7-8-18-29(28)33)34(27-15-5-4-6-16-27)32(36)26-14-10-12-23(2)20-26/h4-20,24,30H,21H2,1-3H3/t24-,30+/m0/s1. The largest absolute Gasteiger partial charge is 0.305 e. The van der Waals surface area contributed by atoms with Gasteiger partial charge in [0.15, 0.2) is 0 Å². The van der Waals surface area contributed by atoms with E-state index in [0.717, 1.165) is 28.1 Å². The molecule has 0 radical (unpaired) electrons. The Labute approximate surface area is 212 Å². The summed E-state index contributed by atoms with van der Waals surface area (Å²) in [5, 5.41) is 0. The zero-order valence-electron chi connectivity index (χ0n) is 20.9. The van der Waals surface area contributed by atoms with Gasteiger partial charge in [0, 0.05) is 28.5 Å². The number of anilines is 2. The highest BCUT2D eigenvalue weighted by molar-refractivity contribution is 6.09. The maximum absolute atomic E-state index is 14.0. The number of carbonyl (C=O) groups excluding carboxylic acids is 2. The Morgan fingerprint density at radius 3 is 2.06 bits per heavy atom. The van der Waals surface area contributed by atoms with Gasteiger partial charge in [0.05, 0.1) is 6.04 Å². The van der Waals surface area contributed by atoms with E-state index in [9.17, 15) is 9.59 Å². The molecule has 1 aliphatic heterocycles. The molecule has 0 fully saturated rings. The van der Waals surface area contributed by atoms with Crippen LogP contribution in [0.4, 0.5) is 11.4 Å². The van der Waals surface area contributed by atoms with E-state index in [-0.39, 0.29) is 23.9 Å². The van der Waals surface area contributed by atoms with Gasteiger partial charge in [0.1, 0.15) is 0 Å². The maximum atomic E-state index is 14.0. The molecule has 0 N–H and O–H groups in total. The number of para-hydroxylation sites is 2. The first-order valence-corrected chi connectivity index (χ1v) is 12.4. The number of benzene rings is 4. The number of aryl methyl sites for hydroxylation is 2. The van der Waals surface area contributed by atoms with Crippen LogP contribution in [0.2, 0.25) is 0 Å². The van der Waals surface area contributed by atoms with Gasteiger partial charge in [-0.15, -0.1) is 0 Å². The van der Waals surface area contributed by atoms with Crippen LogP contribution >= 0.6 is 0 Å². The van der Waals surface area contributed by atoms with Gasteiger partial charge in [-0.25, -0.2) is 0 Å². The topological polar surface area (TPSA) is 40.6 Å². The Morgan fingerprint density at radius 1 is 0.750 bits per heavy atom. The van der Waals surface area contributed by atoms with Gasteiger partial charge in [-0.1, -0.05) is 71.8 Å². The zero-order valence-corrected chi connectivity index (χ0v) is 20.9. The first-order chi connectivity index (χ1) is 17.4. The molecule has 1 heterocycles. The van der Waals surface area contributed by atoms with Crippen LogP contribution in [0.1, 0.15) is 56.8 Å². The molecule has 0 aromatic heterocycles. The average molecular weight is 475 g/mol. The Morgan fingerprint density at radius 2 is 1.36 bits per heavy atom. The van der Waals surface area contributed by atoms with Gasteiger partial charge in [0.2, 0.25) is 0 Å². The molecule has 4 aromatic rings. The Balaban J connectivity index is 1.61. The summed E-state index contributed by atoms with van der Waals surface area (Å²) in [5.74, 6) is -0.0660. The van der Waals surface area contributed by atoms with Gasteiger partial charge in [-0.3, -0.25) is 9.59 Å². The van der Waals surface area contributed by atoms with Crippen molar-refractivity contribution in [2.75, 3.05) is 9.80 Å². The monoisotopic (exact) mass is 474 g/mol. The SMILES string of the molecule is Cc1cccc(C(=O)N(c2ccccc2)[C@@H]2C[C@H](C)N(C(=O)c3cccc(C)c3)c3ccccc32)c1. The van der Waals surface area contributed by atoms with Crippen molar-refractivity contribution in [2.45, 2.75) is 39.3 Å². The number of hydrogen-bond acceptors (Lipinski definition) is 2. The van der Waals surface area contributed by atoms with Gasteiger partial charge in [-0.05, 0) is 75.2 Å². The fourth-order valence-electron chi connectivity index (χ4n) is 5.20. The molecule has 4 nitrogen and oxygen atoms in total. The highest BCUT2D eigenvalue weighted by atomic mass is 16.2. The molecule has 5 rings (SSSR count). The highest BCUT2D eigenvalue weighted by Gasteiger charge is 2.39. The van der Waals surface area contributed by atoms with Crippen molar-refractivity contribution in [1.82, 2.24) is 0 Å². The van der Waals surface area contributed by atoms with E-state index in [0.29, 0.717) is 17.5 Å². The summed E-state index contributed by atoms with van der Waals surface area (Å²) in [7, 11) is 0. The van der Waals surface area contributed by atoms with E-state index >= 15 is 0 Å². The molecule has 0 unspecified atom stereocenters. The summed E-state index contributed by atoms with van der Waals surface area (Å²) in [6.07, 6.45) is 0.626. The molecule has 180 valence electrons. The van der Waals surface area contributed by atoms with Crippen molar-refractivity contribution in [1.29, 1.82) is 0 Å². The Bertz CT molecular complexity index is 1410. The molecular weight excluding hydrogens is 444 g/mol. The molecule has 0 spiro atoms. The third kappa shape index (κ3) is 4.42. The predicted molar refractivity (Wildman–Crippen MR) is 146 cm³/mol. The second-order valence-corrected chi connectivity index (χ2v) is 9.58. The maximum Gasteiger partial charge on any atom is 0.258 e.